The maximum atomic E-state index is 13.6. The lowest BCUT2D eigenvalue weighted by atomic mass is 9.84. The number of aromatic nitrogens is 1. The maximum absolute atomic E-state index is 13.6. The highest BCUT2D eigenvalue weighted by atomic mass is 35.5. The van der Waals surface area contributed by atoms with Gasteiger partial charge in [-0.1, -0.05) is 54.1 Å². The molecule has 1 aliphatic heterocycles. The molecule has 37 heavy (non-hydrogen) atoms. The average molecular weight is 521 g/mol. The second kappa shape index (κ2) is 10.8. The molecular formula is C31H37ClN2O3. The summed E-state index contributed by atoms with van der Waals surface area (Å²) in [6.45, 7) is 2.86. The smallest absolute Gasteiger partial charge is 0.226 e. The summed E-state index contributed by atoms with van der Waals surface area (Å²) in [5.41, 5.74) is 4.68. The molecule has 0 bridgehead atoms. The van der Waals surface area contributed by atoms with E-state index >= 15 is 0 Å². The number of hydrogen-bond acceptors (Lipinski definition) is 3. The highest BCUT2D eigenvalue weighted by Gasteiger charge is 2.41. The Balaban J connectivity index is 1.24. The minimum atomic E-state index is 0.122. The van der Waals surface area contributed by atoms with Crippen LogP contribution >= 0.6 is 11.6 Å². The molecule has 0 spiro atoms. The van der Waals surface area contributed by atoms with E-state index in [0.717, 1.165) is 60.3 Å². The summed E-state index contributed by atoms with van der Waals surface area (Å²) in [7, 11) is 1.74. The normalized spacial score (nSPS) is 24.5. The van der Waals surface area contributed by atoms with Crippen molar-refractivity contribution in [3.63, 3.8) is 0 Å². The summed E-state index contributed by atoms with van der Waals surface area (Å²) in [6, 6.07) is 17.8. The van der Waals surface area contributed by atoms with Crippen LogP contribution in [-0.2, 0) is 20.7 Å². The number of nitrogens with zero attached hydrogens (tertiary/aromatic N) is 2. The van der Waals surface area contributed by atoms with Gasteiger partial charge in [0.25, 0.3) is 0 Å². The molecule has 2 aliphatic carbocycles. The van der Waals surface area contributed by atoms with Crippen molar-refractivity contribution in [2.75, 3.05) is 33.5 Å². The number of fused-ring (bicyclic) bond motifs is 1. The first-order chi connectivity index (χ1) is 18.2. The molecule has 3 aromatic rings. The molecule has 3 aliphatic rings. The number of methoxy groups -OCH3 is 1. The Morgan fingerprint density at radius 3 is 2.51 bits per heavy atom. The Hall–Kier alpha value is -2.34. The van der Waals surface area contributed by atoms with Crippen LogP contribution in [0.15, 0.2) is 48.5 Å². The molecule has 3 fully saturated rings. The monoisotopic (exact) mass is 520 g/mol. The highest BCUT2D eigenvalue weighted by molar-refractivity contribution is 6.38. The third-order valence-electron chi connectivity index (χ3n) is 8.70. The van der Waals surface area contributed by atoms with Crippen LogP contribution in [0.5, 0.6) is 0 Å². The minimum absolute atomic E-state index is 0.122. The third-order valence-corrected chi connectivity index (χ3v) is 9.08. The van der Waals surface area contributed by atoms with E-state index in [1.54, 1.807) is 7.11 Å². The molecule has 6 rings (SSSR count). The second-order valence-electron chi connectivity index (χ2n) is 11.0. The van der Waals surface area contributed by atoms with Crippen molar-refractivity contribution in [3.05, 3.63) is 59.1 Å². The van der Waals surface area contributed by atoms with E-state index in [1.165, 1.54) is 23.9 Å². The number of ether oxygens (including phenoxy) is 2. The maximum Gasteiger partial charge on any atom is 0.226 e. The van der Waals surface area contributed by atoms with Gasteiger partial charge in [0.15, 0.2) is 0 Å². The zero-order chi connectivity index (χ0) is 25.4. The number of carbonyl (C=O) groups excluding carboxylic acids is 1. The standard InChI is InChI=1S/C31H37ClN2O3/c1-36-18-16-21-6-8-23(9-7-21)30-29(32)26-4-2-3-5-27(26)34(30)25-14-12-24(13-15-25)31(35)33-17-19-37-20-28(33)22-10-11-22/h2-9,22,24-25,28H,10-20H2,1H3. The Morgan fingerprint density at radius 1 is 1.03 bits per heavy atom. The van der Waals surface area contributed by atoms with Crippen LogP contribution in [0.1, 0.15) is 50.1 Å². The number of halogens is 1. The topological polar surface area (TPSA) is 43.7 Å². The number of rotatable bonds is 7. The predicted octanol–water partition coefficient (Wildman–Crippen LogP) is 6.52. The van der Waals surface area contributed by atoms with Gasteiger partial charge in [-0.3, -0.25) is 4.79 Å². The van der Waals surface area contributed by atoms with Gasteiger partial charge in [0, 0.05) is 31.0 Å². The van der Waals surface area contributed by atoms with Gasteiger partial charge in [-0.2, -0.15) is 0 Å². The fraction of sp³-hybridized carbons (Fsp3) is 0.516. The third kappa shape index (κ3) is 4.94. The quantitative estimate of drug-likeness (QED) is 0.356. The second-order valence-corrected chi connectivity index (χ2v) is 11.4. The van der Waals surface area contributed by atoms with Crippen LogP contribution in [0.4, 0.5) is 0 Å². The van der Waals surface area contributed by atoms with Crippen LogP contribution in [0.2, 0.25) is 5.02 Å². The van der Waals surface area contributed by atoms with E-state index in [0.29, 0.717) is 43.7 Å². The number of hydrogen-bond donors (Lipinski definition) is 0. The van der Waals surface area contributed by atoms with E-state index < -0.39 is 0 Å². The minimum Gasteiger partial charge on any atom is -0.384 e. The van der Waals surface area contributed by atoms with Crippen molar-refractivity contribution in [2.24, 2.45) is 11.8 Å². The van der Waals surface area contributed by atoms with E-state index in [9.17, 15) is 4.79 Å². The molecule has 5 nitrogen and oxygen atoms in total. The van der Waals surface area contributed by atoms with E-state index in [-0.39, 0.29) is 5.92 Å². The number of carbonyl (C=O) groups is 1. The molecular weight excluding hydrogens is 484 g/mol. The van der Waals surface area contributed by atoms with Crippen molar-refractivity contribution in [1.29, 1.82) is 0 Å². The van der Waals surface area contributed by atoms with Gasteiger partial charge < -0.3 is 18.9 Å². The Bertz CT molecular complexity index is 1240. The van der Waals surface area contributed by atoms with Crippen LogP contribution < -0.4 is 0 Å². The number of morpholine rings is 1. The van der Waals surface area contributed by atoms with Gasteiger partial charge in [0.2, 0.25) is 5.91 Å². The molecule has 1 unspecified atom stereocenters. The van der Waals surface area contributed by atoms with Gasteiger partial charge in [0.05, 0.1) is 42.1 Å². The molecule has 0 N–H and O–H groups in total. The molecule has 2 aromatic carbocycles. The predicted molar refractivity (Wildman–Crippen MR) is 148 cm³/mol. The summed E-state index contributed by atoms with van der Waals surface area (Å²) < 4.78 is 13.4. The lowest BCUT2D eigenvalue weighted by molar-refractivity contribution is -0.146. The Morgan fingerprint density at radius 2 is 1.78 bits per heavy atom. The summed E-state index contributed by atoms with van der Waals surface area (Å²) in [5, 5.41) is 1.92. The molecule has 1 aromatic heterocycles. The fourth-order valence-electron chi connectivity index (χ4n) is 6.50. The summed E-state index contributed by atoms with van der Waals surface area (Å²) >= 11 is 7.06. The zero-order valence-electron chi connectivity index (χ0n) is 21.7. The van der Waals surface area contributed by atoms with E-state index in [4.69, 9.17) is 21.1 Å². The first-order valence-corrected chi connectivity index (χ1v) is 14.3. The van der Waals surface area contributed by atoms with Crippen molar-refractivity contribution in [1.82, 2.24) is 9.47 Å². The summed E-state index contributed by atoms with van der Waals surface area (Å²) in [5.74, 6) is 1.13. The van der Waals surface area contributed by atoms with Gasteiger partial charge in [-0.15, -0.1) is 0 Å². The van der Waals surface area contributed by atoms with Crippen LogP contribution in [0.3, 0.4) is 0 Å². The number of para-hydroxylation sites is 1. The van der Waals surface area contributed by atoms with Gasteiger partial charge in [-0.25, -0.2) is 0 Å². The highest BCUT2D eigenvalue weighted by Crippen LogP contribution is 2.45. The average Bonchev–Trinajstić information content (AvgIpc) is 3.76. The van der Waals surface area contributed by atoms with Crippen LogP contribution in [-0.4, -0.2) is 54.9 Å². The van der Waals surface area contributed by atoms with Gasteiger partial charge >= 0.3 is 0 Å². The van der Waals surface area contributed by atoms with Crippen molar-refractivity contribution in [2.45, 2.75) is 57.0 Å². The van der Waals surface area contributed by atoms with E-state index in [1.807, 2.05) is 0 Å². The number of benzene rings is 2. The molecule has 0 radical (unpaired) electrons. The van der Waals surface area contributed by atoms with Gasteiger partial charge in [-0.05, 0) is 68.1 Å². The zero-order valence-corrected chi connectivity index (χ0v) is 22.5. The molecule has 1 atom stereocenters. The first kappa shape index (κ1) is 25.0. The van der Waals surface area contributed by atoms with Crippen molar-refractivity contribution in [3.8, 4) is 11.3 Å². The number of amides is 1. The molecule has 2 saturated carbocycles. The lowest BCUT2D eigenvalue weighted by Gasteiger charge is -2.40. The Kier molecular flexibility index (Phi) is 7.29. The molecule has 196 valence electrons. The molecule has 6 heteroatoms. The van der Waals surface area contributed by atoms with Crippen molar-refractivity contribution >= 4 is 28.4 Å². The van der Waals surface area contributed by atoms with Gasteiger partial charge in [0.1, 0.15) is 0 Å². The SMILES string of the molecule is COCCc1ccc(-c2c(Cl)c3ccccc3n2C2CCC(C(=O)N3CCOCC3C3CC3)CC2)cc1. The first-order valence-electron chi connectivity index (χ1n) is 13.9. The van der Waals surface area contributed by atoms with Crippen molar-refractivity contribution < 1.29 is 14.3 Å². The molecule has 1 saturated heterocycles. The molecule has 1 amide bonds. The lowest BCUT2D eigenvalue weighted by Crippen LogP contribution is -2.52. The largest absolute Gasteiger partial charge is 0.384 e. The summed E-state index contributed by atoms with van der Waals surface area (Å²) in [6.07, 6.45) is 7.21. The van der Waals surface area contributed by atoms with Crippen LogP contribution in [0.25, 0.3) is 22.2 Å². The van der Waals surface area contributed by atoms with Crippen LogP contribution in [0, 0.1) is 11.8 Å². The fourth-order valence-corrected chi connectivity index (χ4v) is 6.86. The summed E-state index contributed by atoms with van der Waals surface area (Å²) in [4.78, 5) is 15.8. The Labute approximate surface area is 224 Å². The molecule has 2 heterocycles. The van der Waals surface area contributed by atoms with E-state index in [2.05, 4.69) is 58.0 Å².